The van der Waals surface area contributed by atoms with Crippen molar-refractivity contribution in [2.45, 2.75) is 31.9 Å². The first-order chi connectivity index (χ1) is 19.9. The van der Waals surface area contributed by atoms with Crippen LogP contribution in [0.5, 0.6) is 0 Å². The molecule has 2 aliphatic heterocycles. The summed E-state index contributed by atoms with van der Waals surface area (Å²) in [6.45, 7) is 5.58. The standard InChI is InChI=1S/C33H33FN4O2S/c1-22-15-17-36(18-16-22)28(39)20-37-29(40)21-41-32(25-11-13-26(34)14-12-25)30-31(24-8-4-3-5-9-24)35-38(33(30)37)27-10-6-7-23(2)19-27/h3-14,19,22,32H,15-18,20-21H2,1-2H3/t32-/m1/s1. The van der Waals surface area contributed by atoms with E-state index in [2.05, 4.69) is 6.92 Å². The van der Waals surface area contributed by atoms with Crippen LogP contribution >= 0.6 is 11.8 Å². The average molecular weight is 569 g/mol. The number of halogens is 1. The van der Waals surface area contributed by atoms with E-state index in [1.807, 2.05) is 71.1 Å². The van der Waals surface area contributed by atoms with E-state index in [1.54, 1.807) is 17.0 Å². The summed E-state index contributed by atoms with van der Waals surface area (Å²) in [5.41, 5.74) is 5.24. The molecule has 0 radical (unpaired) electrons. The van der Waals surface area contributed by atoms with Gasteiger partial charge in [0.25, 0.3) is 0 Å². The van der Waals surface area contributed by atoms with Crippen LogP contribution in [0.4, 0.5) is 10.2 Å². The van der Waals surface area contributed by atoms with Gasteiger partial charge in [-0.2, -0.15) is 5.10 Å². The first kappa shape index (κ1) is 27.3. The molecule has 0 saturated carbocycles. The van der Waals surface area contributed by atoms with Gasteiger partial charge in [0, 0.05) is 24.2 Å². The molecule has 210 valence electrons. The van der Waals surface area contributed by atoms with E-state index in [-0.39, 0.29) is 35.2 Å². The minimum Gasteiger partial charge on any atom is -0.341 e. The molecule has 1 saturated heterocycles. The molecule has 1 aromatic heterocycles. The molecule has 3 aromatic carbocycles. The Morgan fingerprint density at radius 2 is 1.73 bits per heavy atom. The third kappa shape index (κ3) is 5.53. The van der Waals surface area contributed by atoms with Gasteiger partial charge in [-0.05, 0) is 61.1 Å². The van der Waals surface area contributed by atoms with E-state index in [0.717, 1.165) is 46.5 Å². The van der Waals surface area contributed by atoms with Gasteiger partial charge in [-0.1, -0.05) is 61.5 Å². The maximum Gasteiger partial charge on any atom is 0.242 e. The lowest BCUT2D eigenvalue weighted by atomic mass is 9.99. The highest BCUT2D eigenvalue weighted by Gasteiger charge is 2.38. The average Bonchev–Trinajstić information content (AvgIpc) is 3.31. The quantitative estimate of drug-likeness (QED) is 0.279. The number of piperidine rings is 1. The Kier molecular flexibility index (Phi) is 7.67. The molecule has 1 atom stereocenters. The number of fused-ring (bicyclic) bond motifs is 1. The molecule has 0 bridgehead atoms. The Balaban J connectivity index is 1.56. The lowest BCUT2D eigenvalue weighted by Crippen LogP contribution is -2.46. The number of aryl methyl sites for hydroxylation is 1. The van der Waals surface area contributed by atoms with Gasteiger partial charge in [-0.25, -0.2) is 9.07 Å². The lowest BCUT2D eigenvalue weighted by molar-refractivity contribution is -0.132. The molecule has 6 nitrogen and oxygen atoms in total. The first-order valence-electron chi connectivity index (χ1n) is 14.1. The zero-order valence-electron chi connectivity index (χ0n) is 23.3. The SMILES string of the molecule is Cc1cccc(-n2nc(-c3ccccc3)c3c2N(CC(=O)N2CCC(C)CC2)C(=O)CS[C@@H]3c2ccc(F)cc2)c1. The molecular weight excluding hydrogens is 535 g/mol. The van der Waals surface area contributed by atoms with Gasteiger partial charge in [0.2, 0.25) is 11.8 Å². The summed E-state index contributed by atoms with van der Waals surface area (Å²) in [6, 6.07) is 24.3. The maximum absolute atomic E-state index is 14.0. The molecule has 2 amide bonds. The fraction of sp³-hybridized carbons (Fsp3) is 0.303. The van der Waals surface area contributed by atoms with Crippen LogP contribution in [0, 0.1) is 18.7 Å². The molecule has 1 fully saturated rings. The number of thioether (sulfide) groups is 1. The van der Waals surface area contributed by atoms with Crippen LogP contribution < -0.4 is 4.90 Å². The van der Waals surface area contributed by atoms with Crippen LogP contribution in [0.15, 0.2) is 78.9 Å². The second-order valence-electron chi connectivity index (χ2n) is 11.0. The Morgan fingerprint density at radius 1 is 1.00 bits per heavy atom. The molecule has 0 spiro atoms. The van der Waals surface area contributed by atoms with Crippen molar-refractivity contribution in [1.29, 1.82) is 0 Å². The van der Waals surface area contributed by atoms with Crippen LogP contribution in [0.25, 0.3) is 16.9 Å². The number of aromatic nitrogens is 2. The Labute approximate surface area is 244 Å². The van der Waals surface area contributed by atoms with E-state index < -0.39 is 0 Å². The van der Waals surface area contributed by atoms with E-state index in [0.29, 0.717) is 24.8 Å². The highest BCUT2D eigenvalue weighted by molar-refractivity contribution is 8.00. The van der Waals surface area contributed by atoms with Gasteiger partial charge >= 0.3 is 0 Å². The van der Waals surface area contributed by atoms with Crippen molar-refractivity contribution in [2.75, 3.05) is 30.3 Å². The summed E-state index contributed by atoms with van der Waals surface area (Å²) in [7, 11) is 0. The van der Waals surface area contributed by atoms with Crippen LogP contribution in [-0.4, -0.2) is 51.9 Å². The number of benzene rings is 3. The molecule has 4 aromatic rings. The molecule has 8 heteroatoms. The van der Waals surface area contributed by atoms with Gasteiger partial charge in [0.1, 0.15) is 18.2 Å². The van der Waals surface area contributed by atoms with Crippen LogP contribution in [-0.2, 0) is 9.59 Å². The van der Waals surface area contributed by atoms with Crippen molar-refractivity contribution in [2.24, 2.45) is 5.92 Å². The lowest BCUT2D eigenvalue weighted by Gasteiger charge is -2.32. The van der Waals surface area contributed by atoms with Crippen molar-refractivity contribution in [3.8, 4) is 16.9 Å². The van der Waals surface area contributed by atoms with Crippen molar-refractivity contribution in [3.63, 3.8) is 0 Å². The van der Waals surface area contributed by atoms with E-state index >= 15 is 0 Å². The predicted molar refractivity (Wildman–Crippen MR) is 162 cm³/mol. The van der Waals surface area contributed by atoms with E-state index in [9.17, 15) is 14.0 Å². The highest BCUT2D eigenvalue weighted by Crippen LogP contribution is 2.48. The highest BCUT2D eigenvalue weighted by atomic mass is 32.2. The minimum absolute atomic E-state index is 0.0529. The minimum atomic E-state index is -0.314. The molecule has 0 aliphatic carbocycles. The topological polar surface area (TPSA) is 58.4 Å². The van der Waals surface area contributed by atoms with Crippen molar-refractivity contribution in [3.05, 3.63) is 101 Å². The number of carbonyl (C=O) groups excluding carboxylic acids is 2. The van der Waals surface area contributed by atoms with Gasteiger partial charge < -0.3 is 4.90 Å². The van der Waals surface area contributed by atoms with Crippen LogP contribution in [0.2, 0.25) is 0 Å². The molecular formula is C33H33FN4O2S. The number of amides is 2. The summed E-state index contributed by atoms with van der Waals surface area (Å²) in [6.07, 6.45) is 1.93. The van der Waals surface area contributed by atoms with Gasteiger partial charge in [0.15, 0.2) is 0 Å². The Morgan fingerprint density at radius 3 is 2.44 bits per heavy atom. The second-order valence-corrected chi connectivity index (χ2v) is 12.1. The zero-order chi connectivity index (χ0) is 28.5. The Hall–Kier alpha value is -3.91. The molecule has 0 N–H and O–H groups in total. The summed E-state index contributed by atoms with van der Waals surface area (Å²) >= 11 is 1.49. The molecule has 6 rings (SSSR count). The monoisotopic (exact) mass is 568 g/mol. The van der Waals surface area contributed by atoms with Crippen molar-refractivity contribution in [1.82, 2.24) is 14.7 Å². The van der Waals surface area contributed by atoms with Crippen LogP contribution in [0.3, 0.4) is 0 Å². The normalized spacial score (nSPS) is 17.8. The second kappa shape index (κ2) is 11.5. The predicted octanol–water partition coefficient (Wildman–Crippen LogP) is 6.41. The summed E-state index contributed by atoms with van der Waals surface area (Å²) in [5.74, 6) is 0.855. The number of rotatable bonds is 5. The smallest absolute Gasteiger partial charge is 0.242 e. The molecule has 3 heterocycles. The van der Waals surface area contributed by atoms with E-state index in [1.165, 1.54) is 23.9 Å². The summed E-state index contributed by atoms with van der Waals surface area (Å²) < 4.78 is 15.8. The number of hydrogen-bond acceptors (Lipinski definition) is 4. The maximum atomic E-state index is 14.0. The number of carbonyl (C=O) groups is 2. The van der Waals surface area contributed by atoms with Gasteiger partial charge in [-0.3, -0.25) is 14.5 Å². The summed E-state index contributed by atoms with van der Waals surface area (Å²) in [4.78, 5) is 31.1. The first-order valence-corrected chi connectivity index (χ1v) is 15.1. The number of anilines is 1. The van der Waals surface area contributed by atoms with E-state index in [4.69, 9.17) is 5.10 Å². The van der Waals surface area contributed by atoms with Gasteiger partial charge in [-0.15, -0.1) is 11.8 Å². The van der Waals surface area contributed by atoms with Gasteiger partial charge in [0.05, 0.1) is 22.4 Å². The summed E-state index contributed by atoms with van der Waals surface area (Å²) in [5, 5.41) is 4.84. The number of nitrogens with zero attached hydrogens (tertiary/aromatic N) is 4. The third-order valence-electron chi connectivity index (χ3n) is 7.98. The third-order valence-corrected chi connectivity index (χ3v) is 9.24. The van der Waals surface area contributed by atoms with Crippen molar-refractivity contribution < 1.29 is 14.0 Å². The molecule has 41 heavy (non-hydrogen) atoms. The van der Waals surface area contributed by atoms with Crippen LogP contribution in [0.1, 0.15) is 41.7 Å². The molecule has 0 unspecified atom stereocenters. The Bertz CT molecular complexity index is 1560. The van der Waals surface area contributed by atoms with Crippen molar-refractivity contribution >= 4 is 29.4 Å². The zero-order valence-corrected chi connectivity index (χ0v) is 24.1. The number of hydrogen-bond donors (Lipinski definition) is 0. The fourth-order valence-corrected chi connectivity index (χ4v) is 6.86. The largest absolute Gasteiger partial charge is 0.341 e. The number of likely N-dealkylation sites (tertiary alicyclic amines) is 1. The fourth-order valence-electron chi connectivity index (χ4n) is 5.66. The molecule has 2 aliphatic rings.